The summed E-state index contributed by atoms with van der Waals surface area (Å²) in [5.74, 6) is 0. The summed E-state index contributed by atoms with van der Waals surface area (Å²) in [7, 11) is 0. The van der Waals surface area contributed by atoms with E-state index in [4.69, 9.17) is 5.26 Å². The third-order valence-electron chi connectivity index (χ3n) is 1.71. The minimum atomic E-state index is -0.202. The monoisotopic (exact) mass is 230 g/mol. The number of aromatic amines is 1. The van der Waals surface area contributed by atoms with Gasteiger partial charge in [-0.3, -0.25) is 4.79 Å². The molecule has 2 heterocycles. The van der Waals surface area contributed by atoms with E-state index in [2.05, 4.69) is 15.0 Å². The molecule has 0 aliphatic rings. The molecule has 0 bridgehead atoms. The number of hydrogen-bond donors (Lipinski definition) is 1. The molecule has 0 saturated carbocycles. The van der Waals surface area contributed by atoms with E-state index < -0.39 is 0 Å². The van der Waals surface area contributed by atoms with Crippen LogP contribution in [-0.4, -0.2) is 15.0 Å². The average Bonchev–Trinajstić information content (AvgIpc) is 2.29. The molecule has 2 aromatic heterocycles. The first-order valence-electron chi connectivity index (χ1n) is 4.37. The molecule has 16 heavy (non-hydrogen) atoms. The Morgan fingerprint density at radius 1 is 1.31 bits per heavy atom. The van der Waals surface area contributed by atoms with Crippen molar-refractivity contribution in [1.82, 2.24) is 15.0 Å². The van der Waals surface area contributed by atoms with Crippen molar-refractivity contribution in [2.45, 2.75) is 10.1 Å². The van der Waals surface area contributed by atoms with E-state index >= 15 is 0 Å². The normalized spacial score (nSPS) is 9.69. The van der Waals surface area contributed by atoms with Gasteiger partial charge in [0.25, 0.3) is 5.56 Å². The molecule has 5 nitrogen and oxygen atoms in total. The molecule has 6 heteroatoms. The van der Waals surface area contributed by atoms with E-state index in [-0.39, 0.29) is 5.56 Å². The lowest BCUT2D eigenvalue weighted by Gasteiger charge is -1.99. The summed E-state index contributed by atoms with van der Waals surface area (Å²) in [6.07, 6.45) is 2.98. The Labute approximate surface area is 95.2 Å². The molecular weight excluding hydrogens is 224 g/mol. The van der Waals surface area contributed by atoms with Crippen LogP contribution in [0.3, 0.4) is 0 Å². The number of nitriles is 1. The largest absolute Gasteiger partial charge is 0.301 e. The van der Waals surface area contributed by atoms with Gasteiger partial charge in [-0.2, -0.15) is 5.26 Å². The fourth-order valence-corrected chi connectivity index (χ4v) is 1.84. The van der Waals surface area contributed by atoms with Crippen LogP contribution in [0, 0.1) is 11.3 Å². The van der Waals surface area contributed by atoms with Crippen molar-refractivity contribution in [3.8, 4) is 6.07 Å². The molecule has 0 radical (unpaired) electrons. The van der Waals surface area contributed by atoms with E-state index in [9.17, 15) is 4.79 Å². The van der Waals surface area contributed by atoms with Gasteiger partial charge < -0.3 is 4.98 Å². The van der Waals surface area contributed by atoms with E-state index in [0.29, 0.717) is 10.9 Å². The summed E-state index contributed by atoms with van der Waals surface area (Å²) >= 11 is 1.27. The van der Waals surface area contributed by atoms with Crippen molar-refractivity contribution in [1.29, 1.82) is 5.26 Å². The Kier molecular flexibility index (Phi) is 2.98. The van der Waals surface area contributed by atoms with Gasteiger partial charge in [0.05, 0.1) is 0 Å². The van der Waals surface area contributed by atoms with Gasteiger partial charge in [-0.15, -0.1) is 0 Å². The van der Waals surface area contributed by atoms with Crippen molar-refractivity contribution >= 4 is 11.8 Å². The first-order chi connectivity index (χ1) is 7.78. The molecular formula is C10H6N4OS. The minimum Gasteiger partial charge on any atom is -0.301 e. The van der Waals surface area contributed by atoms with Crippen LogP contribution < -0.4 is 5.56 Å². The second-order valence-corrected chi connectivity index (χ2v) is 3.89. The van der Waals surface area contributed by atoms with Crippen LogP contribution in [0.15, 0.2) is 45.4 Å². The van der Waals surface area contributed by atoms with Crippen LogP contribution >= 0.6 is 11.8 Å². The maximum absolute atomic E-state index is 11.0. The summed E-state index contributed by atoms with van der Waals surface area (Å²) in [6, 6.07) is 6.68. The maximum Gasteiger partial charge on any atom is 0.251 e. The second-order valence-electron chi connectivity index (χ2n) is 2.83. The second kappa shape index (κ2) is 4.59. The number of aromatic nitrogens is 3. The van der Waals surface area contributed by atoms with Gasteiger partial charge in [0.15, 0.2) is 5.16 Å². The molecule has 2 rings (SSSR count). The van der Waals surface area contributed by atoms with Crippen molar-refractivity contribution in [3.05, 3.63) is 46.6 Å². The lowest BCUT2D eigenvalue weighted by Crippen LogP contribution is -2.04. The molecule has 0 spiro atoms. The van der Waals surface area contributed by atoms with Gasteiger partial charge in [-0.25, -0.2) is 9.97 Å². The maximum atomic E-state index is 11.0. The molecule has 2 aromatic rings. The Morgan fingerprint density at radius 2 is 2.12 bits per heavy atom. The quantitative estimate of drug-likeness (QED) is 0.783. The molecule has 0 aliphatic carbocycles. The number of pyridine rings is 1. The zero-order valence-electron chi connectivity index (χ0n) is 8.04. The predicted octanol–water partition coefficient (Wildman–Crippen LogP) is 1.19. The zero-order valence-corrected chi connectivity index (χ0v) is 8.86. The van der Waals surface area contributed by atoms with Crippen molar-refractivity contribution in [3.63, 3.8) is 0 Å². The highest BCUT2D eigenvalue weighted by Gasteiger charge is 2.01. The highest BCUT2D eigenvalue weighted by atomic mass is 32.2. The lowest BCUT2D eigenvalue weighted by atomic mass is 10.4. The van der Waals surface area contributed by atoms with Crippen LogP contribution in [0.25, 0.3) is 0 Å². The van der Waals surface area contributed by atoms with Crippen LogP contribution in [0.5, 0.6) is 0 Å². The fourth-order valence-electron chi connectivity index (χ4n) is 1.05. The first-order valence-corrected chi connectivity index (χ1v) is 5.19. The van der Waals surface area contributed by atoms with Crippen molar-refractivity contribution in [2.75, 3.05) is 0 Å². The molecule has 0 saturated heterocycles. The number of H-pyrrole nitrogens is 1. The summed E-state index contributed by atoms with van der Waals surface area (Å²) in [5, 5.41) is 9.17. The molecule has 0 aliphatic heterocycles. The summed E-state index contributed by atoms with van der Waals surface area (Å²) in [5.41, 5.74) is 0.135. The van der Waals surface area contributed by atoms with E-state index in [1.165, 1.54) is 24.0 Å². The van der Waals surface area contributed by atoms with E-state index in [1.807, 2.05) is 6.07 Å². The minimum absolute atomic E-state index is 0.202. The van der Waals surface area contributed by atoms with Gasteiger partial charge >= 0.3 is 0 Å². The topological polar surface area (TPSA) is 82.4 Å². The zero-order chi connectivity index (χ0) is 11.4. The number of hydrogen-bond acceptors (Lipinski definition) is 5. The fraction of sp³-hybridized carbons (Fsp3) is 0. The standard InChI is InChI=1S/C10H6N4OS/c11-6-7-5-8(1-3-12-7)16-10-13-4-2-9(15)14-10/h1-5H,(H,13,14,15). The Balaban J connectivity index is 2.27. The van der Waals surface area contributed by atoms with E-state index in [1.54, 1.807) is 18.3 Å². The molecule has 0 fully saturated rings. The highest BCUT2D eigenvalue weighted by Crippen LogP contribution is 2.22. The molecule has 1 N–H and O–H groups in total. The van der Waals surface area contributed by atoms with Crippen LogP contribution in [0.2, 0.25) is 0 Å². The van der Waals surface area contributed by atoms with Gasteiger partial charge in [0.2, 0.25) is 0 Å². The third kappa shape index (κ3) is 2.46. The van der Waals surface area contributed by atoms with Crippen LogP contribution in [0.4, 0.5) is 0 Å². The number of rotatable bonds is 2. The molecule has 78 valence electrons. The highest BCUT2D eigenvalue weighted by molar-refractivity contribution is 7.99. The van der Waals surface area contributed by atoms with Crippen LogP contribution in [0.1, 0.15) is 5.69 Å². The summed E-state index contributed by atoms with van der Waals surface area (Å²) in [6.45, 7) is 0. The molecule has 0 aromatic carbocycles. The summed E-state index contributed by atoms with van der Waals surface area (Å²) in [4.78, 5) is 22.3. The Hall–Kier alpha value is -2.13. The molecule has 0 amide bonds. The number of nitrogens with one attached hydrogen (secondary N) is 1. The molecule has 0 atom stereocenters. The number of nitrogens with zero attached hydrogens (tertiary/aromatic N) is 3. The van der Waals surface area contributed by atoms with E-state index in [0.717, 1.165) is 4.90 Å². The first kappa shape index (κ1) is 10.4. The van der Waals surface area contributed by atoms with Crippen LogP contribution in [-0.2, 0) is 0 Å². The average molecular weight is 230 g/mol. The molecule has 0 unspecified atom stereocenters. The smallest absolute Gasteiger partial charge is 0.251 e. The van der Waals surface area contributed by atoms with Crippen molar-refractivity contribution < 1.29 is 0 Å². The lowest BCUT2D eigenvalue weighted by molar-refractivity contribution is 0.936. The Morgan fingerprint density at radius 3 is 2.88 bits per heavy atom. The van der Waals surface area contributed by atoms with Gasteiger partial charge in [0, 0.05) is 23.4 Å². The van der Waals surface area contributed by atoms with Gasteiger partial charge in [-0.1, -0.05) is 11.8 Å². The SMILES string of the molecule is N#Cc1cc(Sc2nccc(=O)[nH]2)ccn1. The third-order valence-corrected chi connectivity index (χ3v) is 2.60. The Bertz CT molecular complexity index is 602. The predicted molar refractivity (Wildman–Crippen MR) is 57.9 cm³/mol. The summed E-state index contributed by atoms with van der Waals surface area (Å²) < 4.78 is 0. The van der Waals surface area contributed by atoms with Gasteiger partial charge in [-0.05, 0) is 12.1 Å². The van der Waals surface area contributed by atoms with Crippen molar-refractivity contribution in [2.24, 2.45) is 0 Å². The van der Waals surface area contributed by atoms with Gasteiger partial charge in [0.1, 0.15) is 11.8 Å².